The summed E-state index contributed by atoms with van der Waals surface area (Å²) in [7, 11) is 0. The van der Waals surface area contributed by atoms with Crippen molar-refractivity contribution in [2.24, 2.45) is 0 Å². The van der Waals surface area contributed by atoms with Crippen LogP contribution in [-0.4, -0.2) is 0 Å². The summed E-state index contributed by atoms with van der Waals surface area (Å²) in [5.74, 6) is 0. The third kappa shape index (κ3) is 5.74. The number of fused-ring (bicyclic) bond motifs is 4. The summed E-state index contributed by atoms with van der Waals surface area (Å²) in [5, 5.41) is 5.00. The Morgan fingerprint density at radius 3 is 1.22 bits per heavy atom. The fraction of sp³-hybridized carbons (Fsp3) is 0. The highest BCUT2D eigenvalue weighted by atomic mass is 15.1. The van der Waals surface area contributed by atoms with E-state index >= 15 is 0 Å². The fourth-order valence-corrected chi connectivity index (χ4v) is 8.86. The maximum Gasteiger partial charge on any atom is 0.0540 e. The Kier molecular flexibility index (Phi) is 8.19. The SMILES string of the molecule is c1ccc(-c2ccc(N(c3ccc(-c4ccc(N(c5ccccc5)c5cccc6ccccc56)cc4)cc3)c3ccc4c5c(cccc35)-c3ccccc3-4)cc2)cc1. The van der Waals surface area contributed by atoms with E-state index in [1.54, 1.807) is 0 Å². The molecule has 10 aromatic rings. The van der Waals surface area contributed by atoms with Gasteiger partial charge in [0.15, 0.2) is 0 Å². The molecule has 0 amide bonds. The van der Waals surface area contributed by atoms with Crippen molar-refractivity contribution in [1.29, 1.82) is 0 Å². The van der Waals surface area contributed by atoms with Crippen LogP contribution in [0.3, 0.4) is 0 Å². The maximum absolute atomic E-state index is 2.41. The van der Waals surface area contributed by atoms with Gasteiger partial charge in [-0.25, -0.2) is 0 Å². The van der Waals surface area contributed by atoms with E-state index in [2.05, 4.69) is 240 Å². The van der Waals surface area contributed by atoms with Gasteiger partial charge in [0.1, 0.15) is 0 Å². The molecule has 0 bridgehead atoms. The van der Waals surface area contributed by atoms with Gasteiger partial charge in [-0.05, 0) is 116 Å². The second-order valence-electron chi connectivity index (χ2n) is 14.9. The zero-order valence-corrected chi connectivity index (χ0v) is 31.8. The Morgan fingerprint density at radius 1 is 0.224 bits per heavy atom. The van der Waals surface area contributed by atoms with Crippen molar-refractivity contribution in [1.82, 2.24) is 0 Å². The predicted molar refractivity (Wildman–Crippen MR) is 246 cm³/mol. The van der Waals surface area contributed by atoms with Crippen molar-refractivity contribution in [3.05, 3.63) is 231 Å². The number of hydrogen-bond acceptors (Lipinski definition) is 2. The van der Waals surface area contributed by atoms with Crippen LogP contribution in [0.4, 0.5) is 34.1 Å². The van der Waals surface area contributed by atoms with Crippen LogP contribution >= 0.6 is 0 Å². The number of hydrogen-bond donors (Lipinski definition) is 0. The topological polar surface area (TPSA) is 6.48 Å². The maximum atomic E-state index is 2.41. The molecule has 1 aliphatic rings. The van der Waals surface area contributed by atoms with Gasteiger partial charge < -0.3 is 9.80 Å². The molecule has 2 heteroatoms. The van der Waals surface area contributed by atoms with E-state index in [1.165, 1.54) is 66.1 Å². The molecule has 0 saturated heterocycles. The molecule has 0 unspecified atom stereocenters. The third-order valence-corrected chi connectivity index (χ3v) is 11.6. The Balaban J connectivity index is 0.983. The molecular weight excluding hydrogens is 701 g/mol. The highest BCUT2D eigenvalue weighted by Crippen LogP contribution is 2.51. The first-order chi connectivity index (χ1) is 28.8. The van der Waals surface area contributed by atoms with Crippen LogP contribution in [0.2, 0.25) is 0 Å². The molecule has 1 aliphatic carbocycles. The normalized spacial score (nSPS) is 11.4. The Morgan fingerprint density at radius 2 is 0.621 bits per heavy atom. The number of rotatable bonds is 8. The first kappa shape index (κ1) is 33.6. The summed E-state index contributed by atoms with van der Waals surface area (Å²) in [6, 6.07) is 83.5. The van der Waals surface area contributed by atoms with Crippen molar-refractivity contribution >= 4 is 55.7 Å². The van der Waals surface area contributed by atoms with Gasteiger partial charge in [0, 0.05) is 33.5 Å². The lowest BCUT2D eigenvalue weighted by atomic mass is 9.99. The molecular formula is C56H38N2. The van der Waals surface area contributed by atoms with E-state index in [1.807, 2.05) is 0 Å². The summed E-state index contributed by atoms with van der Waals surface area (Å²) < 4.78 is 0. The van der Waals surface area contributed by atoms with Gasteiger partial charge in [-0.2, -0.15) is 0 Å². The summed E-state index contributed by atoms with van der Waals surface area (Å²) >= 11 is 0. The largest absolute Gasteiger partial charge is 0.310 e. The standard InChI is InChI=1S/C56H38N2/c1-3-13-39(14-4-1)40-25-31-46(32-26-40)58(55-38-37-52-50-21-10-9-20-49(50)51-22-12-23-53(55)56(51)52)47-35-29-42(30-36-47)41-27-33-45(34-28-41)57(44-17-5-2-6-18-44)54-24-11-16-43-15-7-8-19-48(43)54/h1-38H. The Bertz CT molecular complexity index is 3040. The van der Waals surface area contributed by atoms with E-state index < -0.39 is 0 Å². The van der Waals surface area contributed by atoms with Gasteiger partial charge in [0.2, 0.25) is 0 Å². The van der Waals surface area contributed by atoms with Gasteiger partial charge >= 0.3 is 0 Å². The smallest absolute Gasteiger partial charge is 0.0540 e. The van der Waals surface area contributed by atoms with Crippen molar-refractivity contribution in [2.45, 2.75) is 0 Å². The second-order valence-corrected chi connectivity index (χ2v) is 14.9. The van der Waals surface area contributed by atoms with Crippen LogP contribution in [0.25, 0.3) is 66.1 Å². The molecule has 0 saturated carbocycles. The lowest BCUT2D eigenvalue weighted by molar-refractivity contribution is 1.29. The molecule has 58 heavy (non-hydrogen) atoms. The summed E-state index contributed by atoms with van der Waals surface area (Å²) in [6.07, 6.45) is 0. The van der Waals surface area contributed by atoms with Crippen LogP contribution in [0, 0.1) is 0 Å². The van der Waals surface area contributed by atoms with E-state index in [-0.39, 0.29) is 0 Å². The average molecular weight is 739 g/mol. The highest BCUT2D eigenvalue weighted by Gasteiger charge is 2.25. The number of nitrogens with zero attached hydrogens (tertiary/aromatic N) is 2. The van der Waals surface area contributed by atoms with E-state index in [0.717, 1.165) is 34.1 Å². The van der Waals surface area contributed by atoms with Crippen LogP contribution in [0.5, 0.6) is 0 Å². The lowest BCUT2D eigenvalue weighted by Gasteiger charge is -2.28. The molecule has 272 valence electrons. The van der Waals surface area contributed by atoms with Gasteiger partial charge in [0.05, 0.1) is 11.4 Å². The molecule has 11 rings (SSSR count). The van der Waals surface area contributed by atoms with Gasteiger partial charge in [-0.15, -0.1) is 0 Å². The molecule has 0 heterocycles. The first-order valence-corrected chi connectivity index (χ1v) is 19.9. The molecule has 2 nitrogen and oxygen atoms in total. The quantitative estimate of drug-likeness (QED) is 0.153. The number of anilines is 6. The fourth-order valence-electron chi connectivity index (χ4n) is 8.86. The first-order valence-electron chi connectivity index (χ1n) is 19.9. The molecule has 0 radical (unpaired) electrons. The van der Waals surface area contributed by atoms with Gasteiger partial charge in [-0.1, -0.05) is 170 Å². The number of para-hydroxylation sites is 1. The van der Waals surface area contributed by atoms with E-state index in [9.17, 15) is 0 Å². The zero-order valence-electron chi connectivity index (χ0n) is 31.8. The molecule has 10 aromatic carbocycles. The minimum Gasteiger partial charge on any atom is -0.310 e. The third-order valence-electron chi connectivity index (χ3n) is 11.6. The molecule has 0 fully saturated rings. The zero-order chi connectivity index (χ0) is 38.4. The van der Waals surface area contributed by atoms with Crippen LogP contribution in [-0.2, 0) is 0 Å². The Labute approximate surface area is 339 Å². The van der Waals surface area contributed by atoms with Crippen LogP contribution < -0.4 is 9.80 Å². The van der Waals surface area contributed by atoms with Gasteiger partial charge in [0.25, 0.3) is 0 Å². The van der Waals surface area contributed by atoms with Crippen molar-refractivity contribution in [3.63, 3.8) is 0 Å². The van der Waals surface area contributed by atoms with Gasteiger partial charge in [-0.3, -0.25) is 0 Å². The minimum absolute atomic E-state index is 1.11. The van der Waals surface area contributed by atoms with Crippen molar-refractivity contribution in [3.8, 4) is 44.5 Å². The summed E-state index contributed by atoms with van der Waals surface area (Å²) in [5.41, 5.74) is 16.7. The lowest BCUT2D eigenvalue weighted by Crippen LogP contribution is -2.10. The molecule has 0 atom stereocenters. The van der Waals surface area contributed by atoms with E-state index in [0.29, 0.717) is 0 Å². The predicted octanol–water partition coefficient (Wildman–Crippen LogP) is 15.9. The monoisotopic (exact) mass is 738 g/mol. The molecule has 0 N–H and O–H groups in total. The van der Waals surface area contributed by atoms with E-state index in [4.69, 9.17) is 0 Å². The van der Waals surface area contributed by atoms with Crippen molar-refractivity contribution < 1.29 is 0 Å². The molecule has 0 aliphatic heterocycles. The minimum atomic E-state index is 1.11. The number of benzene rings is 10. The van der Waals surface area contributed by atoms with Crippen LogP contribution in [0.15, 0.2) is 231 Å². The summed E-state index contributed by atoms with van der Waals surface area (Å²) in [4.78, 5) is 4.77. The summed E-state index contributed by atoms with van der Waals surface area (Å²) in [6.45, 7) is 0. The Hall–Kier alpha value is -7.68. The second kappa shape index (κ2) is 14.1. The average Bonchev–Trinajstić information content (AvgIpc) is 3.63. The van der Waals surface area contributed by atoms with Crippen LogP contribution in [0.1, 0.15) is 0 Å². The molecule has 0 aromatic heterocycles. The van der Waals surface area contributed by atoms with Crippen molar-refractivity contribution in [2.75, 3.05) is 9.80 Å². The highest BCUT2D eigenvalue weighted by molar-refractivity contribution is 6.19. The molecule has 0 spiro atoms.